The molecule has 0 radical (unpaired) electrons. The highest BCUT2D eigenvalue weighted by Gasteiger charge is 2.16. The molecule has 0 unspecified atom stereocenters. The maximum absolute atomic E-state index is 14.7. The molecule has 3 nitrogen and oxygen atoms in total. The van der Waals surface area contributed by atoms with Crippen LogP contribution in [0, 0.1) is 19.7 Å². The first-order chi connectivity index (χ1) is 16.0. The monoisotopic (exact) mass is 440 g/mol. The Labute approximate surface area is 194 Å². The van der Waals surface area contributed by atoms with Crippen LogP contribution in [-0.4, -0.2) is 7.11 Å². The molecule has 0 aromatic heterocycles. The molecule has 0 heterocycles. The molecule has 0 saturated carbocycles. The van der Waals surface area contributed by atoms with Crippen LogP contribution in [0.5, 0.6) is 5.75 Å². The van der Waals surface area contributed by atoms with Crippen LogP contribution in [0.15, 0.2) is 72.8 Å². The Morgan fingerprint density at radius 3 is 1.76 bits per heavy atom. The van der Waals surface area contributed by atoms with Crippen LogP contribution in [0.1, 0.15) is 22.3 Å². The molecular weight excluding hydrogens is 411 g/mol. The van der Waals surface area contributed by atoms with Crippen molar-refractivity contribution >= 4 is 0 Å². The molecule has 33 heavy (non-hydrogen) atoms. The Morgan fingerprint density at radius 1 is 0.697 bits per heavy atom. The van der Waals surface area contributed by atoms with Crippen molar-refractivity contribution in [3.63, 3.8) is 0 Å². The van der Waals surface area contributed by atoms with Crippen LogP contribution in [-0.2, 0) is 13.1 Å². The molecule has 0 atom stereocenters. The maximum atomic E-state index is 14.7. The lowest BCUT2D eigenvalue weighted by Gasteiger charge is -2.17. The zero-order valence-electron chi connectivity index (χ0n) is 19.3. The van der Waals surface area contributed by atoms with Gasteiger partial charge in [-0.05, 0) is 76.1 Å². The Balaban J connectivity index is 1.83. The summed E-state index contributed by atoms with van der Waals surface area (Å²) >= 11 is 0. The van der Waals surface area contributed by atoms with Crippen LogP contribution in [0.3, 0.4) is 0 Å². The van der Waals surface area contributed by atoms with E-state index in [1.54, 1.807) is 6.07 Å². The Morgan fingerprint density at radius 2 is 1.24 bits per heavy atom. The van der Waals surface area contributed by atoms with Crippen LogP contribution < -0.4 is 16.2 Å². The van der Waals surface area contributed by atoms with Gasteiger partial charge in [-0.15, -0.1) is 0 Å². The predicted octanol–water partition coefficient (Wildman–Crippen LogP) is 6.37. The summed E-state index contributed by atoms with van der Waals surface area (Å²) in [6, 6.07) is 24.3. The van der Waals surface area contributed by atoms with Gasteiger partial charge in [-0.3, -0.25) is 0 Å². The van der Waals surface area contributed by atoms with E-state index in [0.29, 0.717) is 17.9 Å². The lowest BCUT2D eigenvalue weighted by Crippen LogP contribution is -2.04. The van der Waals surface area contributed by atoms with Crippen molar-refractivity contribution in [2.24, 2.45) is 11.5 Å². The lowest BCUT2D eigenvalue weighted by molar-refractivity contribution is 0.405. The first-order valence-corrected chi connectivity index (χ1v) is 11.0. The molecule has 0 aliphatic rings. The second kappa shape index (κ2) is 9.57. The molecule has 0 amide bonds. The van der Waals surface area contributed by atoms with Crippen molar-refractivity contribution in [1.29, 1.82) is 0 Å². The average molecular weight is 441 g/mol. The minimum atomic E-state index is -0.351. The van der Waals surface area contributed by atoms with E-state index in [0.717, 1.165) is 38.9 Å². The van der Waals surface area contributed by atoms with Crippen LogP contribution in [0.4, 0.5) is 4.39 Å². The van der Waals surface area contributed by atoms with Gasteiger partial charge >= 0.3 is 0 Å². The van der Waals surface area contributed by atoms with Crippen molar-refractivity contribution in [1.82, 2.24) is 0 Å². The second-order valence-corrected chi connectivity index (χ2v) is 8.20. The summed E-state index contributed by atoms with van der Waals surface area (Å²) in [7, 11) is 1.54. The first kappa shape index (κ1) is 22.7. The van der Waals surface area contributed by atoms with Gasteiger partial charge in [0.2, 0.25) is 0 Å². The molecular formula is C29H29FN2O. The van der Waals surface area contributed by atoms with E-state index in [2.05, 4.69) is 62.4 Å². The fourth-order valence-corrected chi connectivity index (χ4v) is 4.45. The molecule has 168 valence electrons. The zero-order chi connectivity index (χ0) is 23.5. The van der Waals surface area contributed by atoms with E-state index >= 15 is 0 Å². The standard InChI is InChI=1S/C29H29FN2O/c1-18-23(21-12-10-20(16-31)11-13-21)6-4-8-25(18)26-9-5-7-24(19(26)2)22-14-28(30)27(17-32)29(15-22)33-3/h4-15H,16-17,31-32H2,1-3H3. The van der Waals surface area contributed by atoms with E-state index < -0.39 is 0 Å². The number of methoxy groups -OCH3 is 1. The lowest BCUT2D eigenvalue weighted by atomic mass is 9.88. The fourth-order valence-electron chi connectivity index (χ4n) is 4.45. The van der Waals surface area contributed by atoms with Gasteiger partial charge in [-0.2, -0.15) is 0 Å². The van der Waals surface area contributed by atoms with E-state index in [-0.39, 0.29) is 12.4 Å². The van der Waals surface area contributed by atoms with Crippen molar-refractivity contribution in [2.75, 3.05) is 7.11 Å². The highest BCUT2D eigenvalue weighted by molar-refractivity contribution is 5.84. The Hall–Kier alpha value is -3.47. The highest BCUT2D eigenvalue weighted by atomic mass is 19.1. The van der Waals surface area contributed by atoms with Gasteiger partial charge < -0.3 is 16.2 Å². The van der Waals surface area contributed by atoms with Gasteiger partial charge in [0.05, 0.1) is 7.11 Å². The Bertz CT molecular complexity index is 1300. The topological polar surface area (TPSA) is 61.3 Å². The number of hydrogen-bond acceptors (Lipinski definition) is 3. The third kappa shape index (κ3) is 4.28. The molecule has 4 rings (SSSR count). The van der Waals surface area contributed by atoms with Crippen LogP contribution in [0.2, 0.25) is 0 Å². The van der Waals surface area contributed by atoms with Crippen LogP contribution in [0.25, 0.3) is 33.4 Å². The average Bonchev–Trinajstić information content (AvgIpc) is 2.84. The summed E-state index contributed by atoms with van der Waals surface area (Å²) in [5.41, 5.74) is 21.6. The molecule has 4 aromatic carbocycles. The third-order valence-corrected chi connectivity index (χ3v) is 6.35. The maximum Gasteiger partial charge on any atom is 0.132 e. The summed E-state index contributed by atoms with van der Waals surface area (Å²) in [5, 5.41) is 0. The van der Waals surface area contributed by atoms with Gasteiger partial charge in [0, 0.05) is 18.7 Å². The minimum absolute atomic E-state index is 0.0898. The minimum Gasteiger partial charge on any atom is -0.496 e. The molecule has 4 heteroatoms. The fraction of sp³-hybridized carbons (Fsp3) is 0.172. The molecule has 4 N–H and O–H groups in total. The molecule has 0 bridgehead atoms. The van der Waals surface area contributed by atoms with Gasteiger partial charge in [-0.25, -0.2) is 4.39 Å². The van der Waals surface area contributed by atoms with Gasteiger partial charge in [0.1, 0.15) is 11.6 Å². The van der Waals surface area contributed by atoms with E-state index in [4.69, 9.17) is 16.2 Å². The van der Waals surface area contributed by atoms with Crippen molar-refractivity contribution in [2.45, 2.75) is 26.9 Å². The zero-order valence-corrected chi connectivity index (χ0v) is 19.3. The second-order valence-electron chi connectivity index (χ2n) is 8.20. The van der Waals surface area contributed by atoms with E-state index in [1.165, 1.54) is 18.2 Å². The normalized spacial score (nSPS) is 11.0. The molecule has 4 aromatic rings. The number of benzene rings is 4. The van der Waals surface area contributed by atoms with Crippen molar-refractivity contribution in [3.8, 4) is 39.1 Å². The highest BCUT2D eigenvalue weighted by Crippen LogP contribution is 2.38. The molecule has 0 saturated heterocycles. The summed E-state index contributed by atoms with van der Waals surface area (Å²) < 4.78 is 20.1. The quantitative estimate of drug-likeness (QED) is 0.366. The number of rotatable bonds is 6. The van der Waals surface area contributed by atoms with Gasteiger partial charge in [0.25, 0.3) is 0 Å². The van der Waals surface area contributed by atoms with E-state index in [1.807, 2.05) is 18.2 Å². The molecule has 0 aliphatic heterocycles. The smallest absolute Gasteiger partial charge is 0.132 e. The van der Waals surface area contributed by atoms with Gasteiger partial charge in [-0.1, -0.05) is 60.7 Å². The SMILES string of the molecule is COc1cc(-c2cccc(-c3cccc(-c4ccc(CN)cc4)c3C)c2C)cc(F)c1CN. The van der Waals surface area contributed by atoms with Crippen molar-refractivity contribution in [3.05, 3.63) is 101 Å². The largest absolute Gasteiger partial charge is 0.496 e. The number of hydrogen-bond donors (Lipinski definition) is 2. The number of ether oxygens (including phenoxy) is 1. The summed E-state index contributed by atoms with van der Waals surface area (Å²) in [6.07, 6.45) is 0. The molecule has 0 spiro atoms. The van der Waals surface area contributed by atoms with Crippen LogP contribution >= 0.6 is 0 Å². The number of nitrogens with two attached hydrogens (primary N) is 2. The Kier molecular flexibility index (Phi) is 6.59. The first-order valence-electron chi connectivity index (χ1n) is 11.0. The summed E-state index contributed by atoms with van der Waals surface area (Å²) in [5.74, 6) is 0.118. The van der Waals surface area contributed by atoms with Gasteiger partial charge in [0.15, 0.2) is 0 Å². The van der Waals surface area contributed by atoms with Crippen molar-refractivity contribution < 1.29 is 9.13 Å². The van der Waals surface area contributed by atoms with E-state index in [9.17, 15) is 4.39 Å². The predicted molar refractivity (Wildman–Crippen MR) is 135 cm³/mol. The molecule has 0 aliphatic carbocycles. The third-order valence-electron chi connectivity index (χ3n) is 6.35. The molecule has 0 fully saturated rings. The summed E-state index contributed by atoms with van der Waals surface area (Å²) in [4.78, 5) is 0. The summed E-state index contributed by atoms with van der Waals surface area (Å²) in [6.45, 7) is 4.84. The number of halogens is 1.